The maximum atomic E-state index is 4.30. The molecule has 0 spiro atoms. The fourth-order valence-electron chi connectivity index (χ4n) is 2.35. The van der Waals surface area contributed by atoms with Gasteiger partial charge in [-0.15, -0.1) is 11.3 Å². The zero-order valence-corrected chi connectivity index (χ0v) is 12.8. The van der Waals surface area contributed by atoms with E-state index in [-0.39, 0.29) is 0 Å². The van der Waals surface area contributed by atoms with Crippen molar-refractivity contribution < 1.29 is 0 Å². The number of hydrogen-bond donors (Lipinski definition) is 1. The van der Waals surface area contributed by atoms with Crippen molar-refractivity contribution in [3.63, 3.8) is 0 Å². The maximum absolute atomic E-state index is 4.30. The van der Waals surface area contributed by atoms with Gasteiger partial charge in [0, 0.05) is 36.3 Å². The number of rotatable bonds is 7. The van der Waals surface area contributed by atoms with E-state index < -0.39 is 0 Å². The first-order valence-corrected chi connectivity index (χ1v) is 7.90. The van der Waals surface area contributed by atoms with Crippen LogP contribution >= 0.6 is 11.3 Å². The van der Waals surface area contributed by atoms with Crippen molar-refractivity contribution in [3.8, 4) is 0 Å². The highest BCUT2D eigenvalue weighted by Gasteiger charge is 2.09. The van der Waals surface area contributed by atoms with E-state index in [1.165, 1.54) is 16.1 Å². The van der Waals surface area contributed by atoms with Crippen LogP contribution in [0.2, 0.25) is 0 Å². The molecule has 0 amide bonds. The van der Waals surface area contributed by atoms with Crippen molar-refractivity contribution >= 4 is 11.3 Å². The summed E-state index contributed by atoms with van der Waals surface area (Å²) in [6.07, 6.45) is 6.66. The number of nitrogens with zero attached hydrogens (tertiary/aromatic N) is 2. The lowest BCUT2D eigenvalue weighted by Crippen LogP contribution is -2.19. The first kappa shape index (κ1) is 14.3. The topological polar surface area (TPSA) is 29.9 Å². The van der Waals surface area contributed by atoms with Crippen LogP contribution in [0, 0.1) is 6.92 Å². The number of hydrogen-bond acceptors (Lipinski definition) is 3. The maximum Gasteiger partial charge on any atom is 0.0797 e. The van der Waals surface area contributed by atoms with Gasteiger partial charge in [0.25, 0.3) is 0 Å². The quantitative estimate of drug-likeness (QED) is 0.838. The van der Waals surface area contributed by atoms with E-state index in [0.29, 0.717) is 6.04 Å². The van der Waals surface area contributed by atoms with E-state index in [2.05, 4.69) is 54.1 Å². The lowest BCUT2D eigenvalue weighted by Gasteiger charge is -2.13. The molecule has 1 atom stereocenters. The van der Waals surface area contributed by atoms with Gasteiger partial charge in [-0.1, -0.05) is 13.8 Å². The van der Waals surface area contributed by atoms with Crippen LogP contribution in [0.1, 0.15) is 42.4 Å². The molecular formula is C15H23N3S. The Balaban J connectivity index is 1.95. The zero-order chi connectivity index (χ0) is 13.7. The van der Waals surface area contributed by atoms with Gasteiger partial charge in [0.1, 0.15) is 0 Å². The zero-order valence-electron chi connectivity index (χ0n) is 12.0. The van der Waals surface area contributed by atoms with Gasteiger partial charge >= 0.3 is 0 Å². The van der Waals surface area contributed by atoms with Gasteiger partial charge in [-0.2, -0.15) is 0 Å². The Morgan fingerprint density at radius 3 is 2.89 bits per heavy atom. The summed E-state index contributed by atoms with van der Waals surface area (Å²) in [4.78, 5) is 5.70. The van der Waals surface area contributed by atoms with Crippen LogP contribution in [-0.2, 0) is 13.0 Å². The Hall–Kier alpha value is -1.13. The van der Waals surface area contributed by atoms with Gasteiger partial charge in [-0.05, 0) is 31.5 Å². The Kier molecular flexibility index (Phi) is 5.16. The minimum Gasteiger partial charge on any atom is -0.354 e. The Morgan fingerprint density at radius 2 is 2.26 bits per heavy atom. The lowest BCUT2D eigenvalue weighted by molar-refractivity contribution is 0.535. The normalized spacial score (nSPS) is 12.8. The molecule has 4 heteroatoms. The molecule has 1 N–H and O–H groups in total. The molecule has 2 rings (SSSR count). The van der Waals surface area contributed by atoms with Crippen LogP contribution in [0.15, 0.2) is 24.0 Å². The molecule has 3 nitrogen and oxygen atoms in total. The summed E-state index contributed by atoms with van der Waals surface area (Å²) < 4.78 is 2.29. The minimum absolute atomic E-state index is 0.483. The Bertz CT molecular complexity index is 501. The SMILES string of the molecule is CCNC(CC)c1ccn(CCc2scnc2C)c1. The molecule has 0 fully saturated rings. The monoisotopic (exact) mass is 277 g/mol. The molecule has 0 radical (unpaired) electrons. The third-order valence-corrected chi connectivity index (χ3v) is 4.47. The first-order chi connectivity index (χ1) is 9.24. The van der Waals surface area contributed by atoms with Crippen LogP contribution in [0.3, 0.4) is 0 Å². The molecule has 2 heterocycles. The van der Waals surface area contributed by atoms with Gasteiger partial charge < -0.3 is 9.88 Å². The Labute approximate surface area is 119 Å². The molecule has 0 aromatic carbocycles. The van der Waals surface area contributed by atoms with Crippen molar-refractivity contribution in [2.75, 3.05) is 6.54 Å². The van der Waals surface area contributed by atoms with E-state index in [0.717, 1.165) is 25.9 Å². The summed E-state index contributed by atoms with van der Waals surface area (Å²) in [6.45, 7) is 8.53. The fraction of sp³-hybridized carbons (Fsp3) is 0.533. The molecule has 0 aliphatic carbocycles. The molecule has 0 bridgehead atoms. The standard InChI is InChI=1S/C15H23N3S/c1-4-14(16-5-2)13-6-8-18(10-13)9-7-15-12(3)17-11-19-15/h6,8,10-11,14,16H,4-5,7,9H2,1-3H3. The van der Waals surface area contributed by atoms with Gasteiger partial charge in [-0.3, -0.25) is 0 Å². The van der Waals surface area contributed by atoms with Crippen LogP contribution in [-0.4, -0.2) is 16.1 Å². The van der Waals surface area contributed by atoms with Crippen molar-refractivity contribution in [1.82, 2.24) is 14.9 Å². The van der Waals surface area contributed by atoms with E-state index in [1.54, 1.807) is 11.3 Å². The highest BCUT2D eigenvalue weighted by atomic mass is 32.1. The minimum atomic E-state index is 0.483. The van der Waals surface area contributed by atoms with Gasteiger partial charge in [0.2, 0.25) is 0 Å². The van der Waals surface area contributed by atoms with Crippen LogP contribution in [0.5, 0.6) is 0 Å². The third-order valence-electron chi connectivity index (χ3n) is 3.48. The van der Waals surface area contributed by atoms with Gasteiger partial charge in [0.15, 0.2) is 0 Å². The van der Waals surface area contributed by atoms with E-state index >= 15 is 0 Å². The number of aryl methyl sites for hydroxylation is 3. The largest absolute Gasteiger partial charge is 0.354 e. The molecule has 0 aliphatic rings. The second-order valence-corrected chi connectivity index (χ2v) is 5.75. The van der Waals surface area contributed by atoms with Gasteiger partial charge in [0.05, 0.1) is 11.2 Å². The molecule has 0 saturated heterocycles. The Morgan fingerprint density at radius 1 is 1.42 bits per heavy atom. The van der Waals surface area contributed by atoms with Crippen LogP contribution in [0.4, 0.5) is 0 Å². The average Bonchev–Trinajstić information content (AvgIpc) is 3.02. The van der Waals surface area contributed by atoms with Crippen LogP contribution in [0.25, 0.3) is 0 Å². The summed E-state index contributed by atoms with van der Waals surface area (Å²) in [6, 6.07) is 2.72. The highest BCUT2D eigenvalue weighted by Crippen LogP contribution is 2.18. The summed E-state index contributed by atoms with van der Waals surface area (Å²) >= 11 is 1.76. The van der Waals surface area contributed by atoms with E-state index in [4.69, 9.17) is 0 Å². The predicted octanol–water partition coefficient (Wildman–Crippen LogP) is 3.56. The van der Waals surface area contributed by atoms with Crippen molar-refractivity contribution in [2.24, 2.45) is 0 Å². The van der Waals surface area contributed by atoms with Crippen LogP contribution < -0.4 is 5.32 Å². The summed E-state index contributed by atoms with van der Waals surface area (Å²) in [5.41, 5.74) is 4.51. The second-order valence-electron chi connectivity index (χ2n) is 4.81. The number of nitrogens with one attached hydrogen (secondary N) is 1. The van der Waals surface area contributed by atoms with E-state index in [1.807, 2.05) is 5.51 Å². The van der Waals surface area contributed by atoms with Crippen molar-refractivity contribution in [3.05, 3.63) is 40.1 Å². The smallest absolute Gasteiger partial charge is 0.0797 e. The predicted molar refractivity (Wildman–Crippen MR) is 81.7 cm³/mol. The molecule has 2 aromatic rings. The molecule has 0 saturated carbocycles. The summed E-state index contributed by atoms with van der Waals surface area (Å²) in [7, 11) is 0. The molecule has 2 aromatic heterocycles. The first-order valence-electron chi connectivity index (χ1n) is 7.02. The molecular weight excluding hydrogens is 254 g/mol. The second kappa shape index (κ2) is 6.87. The van der Waals surface area contributed by atoms with Gasteiger partial charge in [-0.25, -0.2) is 4.98 Å². The highest BCUT2D eigenvalue weighted by molar-refractivity contribution is 7.09. The number of thiazole rings is 1. The van der Waals surface area contributed by atoms with Crippen molar-refractivity contribution in [2.45, 2.75) is 46.2 Å². The molecule has 1 unspecified atom stereocenters. The number of aromatic nitrogens is 2. The summed E-state index contributed by atoms with van der Waals surface area (Å²) in [5, 5.41) is 3.52. The molecule has 104 valence electrons. The average molecular weight is 277 g/mol. The lowest BCUT2D eigenvalue weighted by atomic mass is 10.1. The molecule has 19 heavy (non-hydrogen) atoms. The molecule has 0 aliphatic heterocycles. The summed E-state index contributed by atoms with van der Waals surface area (Å²) in [5.74, 6) is 0. The van der Waals surface area contributed by atoms with E-state index in [9.17, 15) is 0 Å². The fourth-order valence-corrected chi connectivity index (χ4v) is 3.12. The third kappa shape index (κ3) is 3.67. The van der Waals surface area contributed by atoms with Crippen molar-refractivity contribution in [1.29, 1.82) is 0 Å².